The Morgan fingerprint density at radius 3 is 2.35 bits per heavy atom. The summed E-state index contributed by atoms with van der Waals surface area (Å²) in [5.41, 5.74) is 3.98. The van der Waals surface area contributed by atoms with Gasteiger partial charge in [0.2, 0.25) is 0 Å². The molecule has 1 aromatic heterocycles. The zero-order valence-electron chi connectivity index (χ0n) is 10.1. The second kappa shape index (κ2) is 4.05. The van der Waals surface area contributed by atoms with Crippen LogP contribution in [-0.4, -0.2) is 20.9 Å². The standard InChI is InChI=1S/C13H14N2O2/c1-8-4-9(2)6-10(5-8)12-11(13(16)17)7-14-15(12)3/h4-7H,1-3H3,(H,16,17). The van der Waals surface area contributed by atoms with Crippen molar-refractivity contribution in [2.45, 2.75) is 13.8 Å². The van der Waals surface area contributed by atoms with Crippen LogP contribution in [0.25, 0.3) is 11.3 Å². The van der Waals surface area contributed by atoms with Gasteiger partial charge in [0.05, 0.1) is 11.9 Å². The van der Waals surface area contributed by atoms with E-state index >= 15 is 0 Å². The van der Waals surface area contributed by atoms with Crippen LogP contribution in [0.3, 0.4) is 0 Å². The zero-order valence-corrected chi connectivity index (χ0v) is 10.1. The first-order chi connectivity index (χ1) is 7.99. The van der Waals surface area contributed by atoms with E-state index in [1.165, 1.54) is 6.20 Å². The molecule has 1 heterocycles. The van der Waals surface area contributed by atoms with Gasteiger partial charge < -0.3 is 5.11 Å². The quantitative estimate of drug-likeness (QED) is 0.861. The molecule has 0 radical (unpaired) electrons. The van der Waals surface area contributed by atoms with Crippen LogP contribution in [0.4, 0.5) is 0 Å². The summed E-state index contributed by atoms with van der Waals surface area (Å²) < 4.78 is 1.59. The van der Waals surface area contributed by atoms with Crippen molar-refractivity contribution >= 4 is 5.97 Å². The van der Waals surface area contributed by atoms with Gasteiger partial charge in [0.1, 0.15) is 5.56 Å². The molecule has 0 fully saturated rings. The third-order valence-corrected chi connectivity index (χ3v) is 2.66. The van der Waals surface area contributed by atoms with E-state index in [0.29, 0.717) is 5.69 Å². The average molecular weight is 230 g/mol. The Hall–Kier alpha value is -2.10. The highest BCUT2D eigenvalue weighted by molar-refractivity contribution is 5.94. The summed E-state index contributed by atoms with van der Waals surface area (Å²) in [5.74, 6) is -0.952. The van der Waals surface area contributed by atoms with Gasteiger partial charge in [0.15, 0.2) is 0 Å². The summed E-state index contributed by atoms with van der Waals surface area (Å²) in [4.78, 5) is 11.1. The van der Waals surface area contributed by atoms with Gasteiger partial charge in [-0.1, -0.05) is 17.2 Å². The van der Waals surface area contributed by atoms with Gasteiger partial charge in [-0.25, -0.2) is 4.79 Å². The minimum atomic E-state index is -0.952. The third kappa shape index (κ3) is 2.06. The highest BCUT2D eigenvalue weighted by atomic mass is 16.4. The maximum absolute atomic E-state index is 11.1. The van der Waals surface area contributed by atoms with Crippen LogP contribution in [-0.2, 0) is 7.05 Å². The number of carboxylic acids is 1. The minimum absolute atomic E-state index is 0.234. The van der Waals surface area contributed by atoms with Crippen molar-refractivity contribution in [3.8, 4) is 11.3 Å². The number of benzene rings is 1. The number of aromatic nitrogens is 2. The first-order valence-electron chi connectivity index (χ1n) is 5.33. The number of hydrogen-bond acceptors (Lipinski definition) is 2. The Labute approximate surface area is 99.5 Å². The lowest BCUT2D eigenvalue weighted by Gasteiger charge is -2.07. The van der Waals surface area contributed by atoms with Crippen LogP contribution in [0.2, 0.25) is 0 Å². The second-order valence-corrected chi connectivity index (χ2v) is 4.21. The van der Waals surface area contributed by atoms with Crippen LogP contribution in [0, 0.1) is 13.8 Å². The molecule has 0 unspecified atom stereocenters. The maximum atomic E-state index is 11.1. The van der Waals surface area contributed by atoms with Gasteiger partial charge in [0.25, 0.3) is 0 Å². The van der Waals surface area contributed by atoms with E-state index in [0.717, 1.165) is 16.7 Å². The first kappa shape index (κ1) is 11.4. The van der Waals surface area contributed by atoms with E-state index in [1.807, 2.05) is 26.0 Å². The van der Waals surface area contributed by atoms with Crippen LogP contribution in [0.15, 0.2) is 24.4 Å². The van der Waals surface area contributed by atoms with Crippen molar-refractivity contribution < 1.29 is 9.90 Å². The molecular formula is C13H14N2O2. The Bertz CT molecular complexity index is 565. The highest BCUT2D eigenvalue weighted by Gasteiger charge is 2.16. The summed E-state index contributed by atoms with van der Waals surface area (Å²) in [7, 11) is 1.75. The molecule has 88 valence electrons. The lowest BCUT2D eigenvalue weighted by atomic mass is 10.0. The highest BCUT2D eigenvalue weighted by Crippen LogP contribution is 2.25. The maximum Gasteiger partial charge on any atom is 0.339 e. The molecule has 0 bridgehead atoms. The molecule has 0 aliphatic heterocycles. The van der Waals surface area contributed by atoms with Crippen molar-refractivity contribution in [3.63, 3.8) is 0 Å². The van der Waals surface area contributed by atoms with Crippen molar-refractivity contribution in [2.24, 2.45) is 7.05 Å². The van der Waals surface area contributed by atoms with E-state index in [2.05, 4.69) is 11.2 Å². The molecule has 4 nitrogen and oxygen atoms in total. The van der Waals surface area contributed by atoms with Gasteiger partial charge >= 0.3 is 5.97 Å². The number of aryl methyl sites for hydroxylation is 3. The van der Waals surface area contributed by atoms with Crippen LogP contribution in [0.1, 0.15) is 21.5 Å². The Morgan fingerprint density at radius 1 is 1.24 bits per heavy atom. The lowest BCUT2D eigenvalue weighted by molar-refractivity contribution is 0.0697. The zero-order chi connectivity index (χ0) is 12.6. The SMILES string of the molecule is Cc1cc(C)cc(-c2c(C(=O)O)cnn2C)c1. The number of carbonyl (C=O) groups is 1. The van der Waals surface area contributed by atoms with Gasteiger partial charge in [0, 0.05) is 12.6 Å². The molecule has 1 aromatic carbocycles. The molecule has 17 heavy (non-hydrogen) atoms. The van der Waals surface area contributed by atoms with Gasteiger partial charge in [-0.2, -0.15) is 5.10 Å². The Balaban J connectivity index is 2.67. The van der Waals surface area contributed by atoms with Gasteiger partial charge in [-0.3, -0.25) is 4.68 Å². The number of carboxylic acid groups (broad SMARTS) is 1. The molecular weight excluding hydrogens is 216 g/mol. The fraction of sp³-hybridized carbons (Fsp3) is 0.231. The van der Waals surface area contributed by atoms with Crippen molar-refractivity contribution in [3.05, 3.63) is 41.1 Å². The minimum Gasteiger partial charge on any atom is -0.478 e. The fourth-order valence-corrected chi connectivity index (χ4v) is 2.05. The van der Waals surface area contributed by atoms with Crippen LogP contribution >= 0.6 is 0 Å². The Kier molecular flexibility index (Phi) is 2.71. The van der Waals surface area contributed by atoms with Crippen molar-refractivity contribution in [2.75, 3.05) is 0 Å². The van der Waals surface area contributed by atoms with E-state index in [9.17, 15) is 4.79 Å². The van der Waals surface area contributed by atoms with E-state index in [4.69, 9.17) is 5.11 Å². The van der Waals surface area contributed by atoms with E-state index < -0.39 is 5.97 Å². The monoisotopic (exact) mass is 230 g/mol. The molecule has 0 aliphatic carbocycles. The number of hydrogen-bond donors (Lipinski definition) is 1. The molecule has 2 rings (SSSR count). The van der Waals surface area contributed by atoms with Crippen molar-refractivity contribution in [1.82, 2.24) is 9.78 Å². The molecule has 0 atom stereocenters. The van der Waals surface area contributed by atoms with E-state index in [1.54, 1.807) is 11.7 Å². The summed E-state index contributed by atoms with van der Waals surface area (Å²) in [6.07, 6.45) is 1.38. The summed E-state index contributed by atoms with van der Waals surface area (Å²) >= 11 is 0. The molecule has 0 spiro atoms. The second-order valence-electron chi connectivity index (χ2n) is 4.21. The summed E-state index contributed by atoms with van der Waals surface area (Å²) in [5, 5.41) is 13.1. The Morgan fingerprint density at radius 2 is 1.82 bits per heavy atom. The molecule has 1 N–H and O–H groups in total. The summed E-state index contributed by atoms with van der Waals surface area (Å²) in [6, 6.07) is 5.99. The molecule has 0 saturated carbocycles. The van der Waals surface area contributed by atoms with E-state index in [-0.39, 0.29) is 5.56 Å². The topological polar surface area (TPSA) is 55.1 Å². The predicted octanol–water partition coefficient (Wildman–Crippen LogP) is 2.40. The third-order valence-electron chi connectivity index (χ3n) is 2.66. The summed E-state index contributed by atoms with van der Waals surface area (Å²) in [6.45, 7) is 3.99. The van der Waals surface area contributed by atoms with Crippen molar-refractivity contribution in [1.29, 1.82) is 0 Å². The molecule has 2 aromatic rings. The average Bonchev–Trinajstić information content (AvgIpc) is 2.58. The molecule has 0 aliphatic rings. The number of aromatic carboxylic acids is 1. The predicted molar refractivity (Wildman–Crippen MR) is 65.1 cm³/mol. The number of nitrogens with zero attached hydrogens (tertiary/aromatic N) is 2. The lowest BCUT2D eigenvalue weighted by Crippen LogP contribution is -2.01. The van der Waals surface area contributed by atoms with Crippen LogP contribution < -0.4 is 0 Å². The first-order valence-corrected chi connectivity index (χ1v) is 5.33. The van der Waals surface area contributed by atoms with Crippen LogP contribution in [0.5, 0.6) is 0 Å². The molecule has 0 saturated heterocycles. The smallest absolute Gasteiger partial charge is 0.339 e. The molecule has 0 amide bonds. The number of rotatable bonds is 2. The normalized spacial score (nSPS) is 10.5. The largest absolute Gasteiger partial charge is 0.478 e. The fourth-order valence-electron chi connectivity index (χ4n) is 2.05. The van der Waals surface area contributed by atoms with Gasteiger partial charge in [-0.15, -0.1) is 0 Å². The van der Waals surface area contributed by atoms with Gasteiger partial charge in [-0.05, 0) is 26.0 Å². The molecule has 4 heteroatoms.